The molecule has 0 spiro atoms. The van der Waals surface area contributed by atoms with Crippen LogP contribution in [0.15, 0.2) is 48.5 Å². The van der Waals surface area contributed by atoms with Crippen LogP contribution in [0.2, 0.25) is 0 Å². The molecule has 1 aliphatic carbocycles. The van der Waals surface area contributed by atoms with Gasteiger partial charge in [-0.1, -0.05) is 75.6 Å². The van der Waals surface area contributed by atoms with E-state index in [2.05, 4.69) is 29.7 Å². The van der Waals surface area contributed by atoms with Gasteiger partial charge in [-0.3, -0.25) is 14.4 Å². The third-order valence-electron chi connectivity index (χ3n) is 8.20. The molecule has 1 heterocycles. The summed E-state index contributed by atoms with van der Waals surface area (Å²) in [6, 6.07) is 14.8. The lowest BCUT2D eigenvalue weighted by atomic mass is 9.83. The Morgan fingerprint density at radius 1 is 0.919 bits per heavy atom. The van der Waals surface area contributed by atoms with Crippen LogP contribution in [-0.4, -0.2) is 41.2 Å². The molecule has 0 aromatic heterocycles. The standard InChI is InChI=1S/C31H41N3O3/c1-4-21(2)29(35)33-28(23-14-6-5-7-15-23)31(37)34-20-12-19-27(34)30(36)32-26-18-11-10-17-25(26)24-16-9-8-13-22(24)3/h8-11,13,16-18,21,23,27-28H,4-7,12,14-15,19-20H2,1-3H3,(H,32,36)(H,33,35)/t21-,27+,28+/m1/s1. The molecule has 6 heteroatoms. The maximum absolute atomic E-state index is 13.9. The number of benzene rings is 2. The van der Waals surface area contributed by atoms with Gasteiger partial charge in [0, 0.05) is 23.7 Å². The smallest absolute Gasteiger partial charge is 0.247 e. The largest absolute Gasteiger partial charge is 0.344 e. The molecule has 1 aliphatic heterocycles. The summed E-state index contributed by atoms with van der Waals surface area (Å²) >= 11 is 0. The van der Waals surface area contributed by atoms with Gasteiger partial charge >= 0.3 is 0 Å². The summed E-state index contributed by atoms with van der Waals surface area (Å²) in [4.78, 5) is 42.1. The second kappa shape index (κ2) is 12.4. The van der Waals surface area contributed by atoms with Crippen molar-refractivity contribution < 1.29 is 14.4 Å². The van der Waals surface area contributed by atoms with Gasteiger partial charge in [-0.05, 0) is 62.1 Å². The second-order valence-electron chi connectivity index (χ2n) is 10.7. The highest BCUT2D eigenvalue weighted by atomic mass is 16.2. The number of likely N-dealkylation sites (tertiary alicyclic amines) is 1. The molecule has 4 rings (SSSR count). The number of nitrogens with one attached hydrogen (secondary N) is 2. The first-order valence-corrected chi connectivity index (χ1v) is 14.0. The molecule has 6 nitrogen and oxygen atoms in total. The van der Waals surface area contributed by atoms with E-state index in [1.807, 2.05) is 50.2 Å². The van der Waals surface area contributed by atoms with Gasteiger partial charge in [0.25, 0.3) is 0 Å². The van der Waals surface area contributed by atoms with Crippen molar-refractivity contribution in [3.8, 4) is 11.1 Å². The van der Waals surface area contributed by atoms with Crippen LogP contribution in [0.3, 0.4) is 0 Å². The van der Waals surface area contributed by atoms with E-state index in [0.717, 1.165) is 60.9 Å². The zero-order valence-corrected chi connectivity index (χ0v) is 22.5. The van der Waals surface area contributed by atoms with Crippen LogP contribution in [0.1, 0.15) is 70.8 Å². The van der Waals surface area contributed by atoms with Crippen LogP contribution < -0.4 is 10.6 Å². The number of amides is 3. The predicted molar refractivity (Wildman–Crippen MR) is 148 cm³/mol. The van der Waals surface area contributed by atoms with Gasteiger partial charge in [-0.15, -0.1) is 0 Å². The van der Waals surface area contributed by atoms with Gasteiger partial charge in [-0.2, -0.15) is 0 Å². The predicted octanol–water partition coefficient (Wildman–Crippen LogP) is 5.70. The average molecular weight is 504 g/mol. The van der Waals surface area contributed by atoms with Crippen molar-refractivity contribution in [3.05, 3.63) is 54.1 Å². The Bertz CT molecular complexity index is 1110. The minimum absolute atomic E-state index is 0.0706. The van der Waals surface area contributed by atoms with Crippen LogP contribution in [0.4, 0.5) is 5.69 Å². The van der Waals surface area contributed by atoms with Crippen LogP contribution in [-0.2, 0) is 14.4 Å². The van der Waals surface area contributed by atoms with Crippen molar-refractivity contribution in [2.45, 2.75) is 84.2 Å². The Kier molecular flexibility index (Phi) is 9.01. The Balaban J connectivity index is 1.54. The first-order chi connectivity index (χ1) is 17.9. The summed E-state index contributed by atoms with van der Waals surface area (Å²) in [5.74, 6) is -0.357. The van der Waals surface area contributed by atoms with Gasteiger partial charge < -0.3 is 15.5 Å². The third kappa shape index (κ3) is 6.23. The summed E-state index contributed by atoms with van der Waals surface area (Å²) < 4.78 is 0. The molecule has 0 unspecified atom stereocenters. The lowest BCUT2D eigenvalue weighted by molar-refractivity contribution is -0.142. The van der Waals surface area contributed by atoms with Crippen molar-refractivity contribution >= 4 is 23.4 Å². The van der Waals surface area contributed by atoms with Crippen molar-refractivity contribution in [1.29, 1.82) is 0 Å². The van der Waals surface area contributed by atoms with Crippen LogP contribution in [0, 0.1) is 18.8 Å². The fraction of sp³-hybridized carbons (Fsp3) is 0.516. The molecule has 3 amide bonds. The quantitative estimate of drug-likeness (QED) is 0.485. The minimum Gasteiger partial charge on any atom is -0.344 e. The number of carbonyl (C=O) groups is 3. The van der Waals surface area contributed by atoms with Gasteiger partial charge in [0.1, 0.15) is 12.1 Å². The van der Waals surface area contributed by atoms with E-state index >= 15 is 0 Å². The van der Waals surface area contributed by atoms with Gasteiger partial charge in [0.05, 0.1) is 0 Å². The Morgan fingerprint density at radius 3 is 2.30 bits per heavy atom. The minimum atomic E-state index is -0.561. The fourth-order valence-electron chi connectivity index (χ4n) is 5.73. The molecular weight excluding hydrogens is 462 g/mol. The number of hydrogen-bond donors (Lipinski definition) is 2. The first-order valence-electron chi connectivity index (χ1n) is 14.0. The lowest BCUT2D eigenvalue weighted by Gasteiger charge is -2.35. The second-order valence-corrected chi connectivity index (χ2v) is 10.7. The number of carbonyl (C=O) groups excluding carboxylic acids is 3. The molecule has 2 aliphatic rings. The van der Waals surface area contributed by atoms with E-state index in [1.54, 1.807) is 4.90 Å². The van der Waals surface area contributed by atoms with E-state index in [0.29, 0.717) is 13.0 Å². The number of nitrogens with zero attached hydrogens (tertiary/aromatic N) is 1. The van der Waals surface area contributed by atoms with Gasteiger partial charge in [-0.25, -0.2) is 0 Å². The molecule has 1 saturated heterocycles. The summed E-state index contributed by atoms with van der Waals surface area (Å²) in [7, 11) is 0. The molecule has 37 heavy (non-hydrogen) atoms. The topological polar surface area (TPSA) is 78.5 Å². The van der Waals surface area contributed by atoms with Crippen LogP contribution in [0.5, 0.6) is 0 Å². The number of para-hydroxylation sites is 1. The maximum atomic E-state index is 13.9. The molecule has 3 atom stereocenters. The van der Waals surface area contributed by atoms with E-state index < -0.39 is 12.1 Å². The lowest BCUT2D eigenvalue weighted by Crippen LogP contribution is -2.56. The van der Waals surface area contributed by atoms with E-state index in [1.165, 1.54) is 6.42 Å². The fourth-order valence-corrected chi connectivity index (χ4v) is 5.73. The normalized spacial score (nSPS) is 19.8. The van der Waals surface area contributed by atoms with E-state index in [-0.39, 0.29) is 29.6 Å². The molecular formula is C31H41N3O3. The van der Waals surface area contributed by atoms with Crippen molar-refractivity contribution in [2.24, 2.45) is 11.8 Å². The first kappa shape index (κ1) is 26.9. The number of aryl methyl sites for hydroxylation is 1. The molecule has 2 N–H and O–H groups in total. The Labute approximate surface area is 221 Å². The van der Waals surface area contributed by atoms with Crippen molar-refractivity contribution in [3.63, 3.8) is 0 Å². The summed E-state index contributed by atoms with van der Waals surface area (Å²) in [5, 5.41) is 6.23. The number of rotatable bonds is 8. The number of anilines is 1. The molecule has 198 valence electrons. The van der Waals surface area contributed by atoms with Gasteiger partial charge in [0.15, 0.2) is 0 Å². The average Bonchev–Trinajstić information content (AvgIpc) is 3.42. The molecule has 0 radical (unpaired) electrons. The van der Waals surface area contributed by atoms with Crippen molar-refractivity contribution in [2.75, 3.05) is 11.9 Å². The summed E-state index contributed by atoms with van der Waals surface area (Å²) in [6.07, 6.45) is 7.33. The van der Waals surface area contributed by atoms with Crippen LogP contribution >= 0.6 is 0 Å². The summed E-state index contributed by atoms with van der Waals surface area (Å²) in [6.45, 7) is 6.48. The highest BCUT2D eigenvalue weighted by Gasteiger charge is 2.41. The highest BCUT2D eigenvalue weighted by molar-refractivity contribution is 6.01. The third-order valence-corrected chi connectivity index (χ3v) is 8.20. The summed E-state index contributed by atoms with van der Waals surface area (Å²) in [5.41, 5.74) is 3.91. The SMILES string of the molecule is CC[C@@H](C)C(=O)N[C@H](C(=O)N1CCC[C@H]1C(=O)Nc1ccccc1-c1ccccc1C)C1CCCCC1. The van der Waals surface area contributed by atoms with Crippen molar-refractivity contribution in [1.82, 2.24) is 10.2 Å². The Morgan fingerprint density at radius 2 is 1.59 bits per heavy atom. The van der Waals surface area contributed by atoms with E-state index in [4.69, 9.17) is 0 Å². The highest BCUT2D eigenvalue weighted by Crippen LogP contribution is 2.32. The van der Waals surface area contributed by atoms with Gasteiger partial charge in [0.2, 0.25) is 17.7 Å². The zero-order valence-electron chi connectivity index (χ0n) is 22.5. The molecule has 2 fully saturated rings. The van der Waals surface area contributed by atoms with E-state index in [9.17, 15) is 14.4 Å². The zero-order chi connectivity index (χ0) is 26.4. The maximum Gasteiger partial charge on any atom is 0.247 e. The molecule has 2 aromatic rings. The monoisotopic (exact) mass is 503 g/mol. The molecule has 1 saturated carbocycles. The molecule has 0 bridgehead atoms. The van der Waals surface area contributed by atoms with Crippen LogP contribution in [0.25, 0.3) is 11.1 Å². The molecule has 2 aromatic carbocycles. The Hall–Kier alpha value is -3.15. The number of hydrogen-bond acceptors (Lipinski definition) is 3.